The van der Waals surface area contributed by atoms with Crippen molar-refractivity contribution in [1.82, 2.24) is 0 Å². The van der Waals surface area contributed by atoms with Gasteiger partial charge in [-0.15, -0.1) is 0 Å². The van der Waals surface area contributed by atoms with Gasteiger partial charge < -0.3 is 5.32 Å². The van der Waals surface area contributed by atoms with Crippen LogP contribution in [-0.2, 0) is 0 Å². The van der Waals surface area contributed by atoms with Gasteiger partial charge in [0.15, 0.2) is 5.69 Å². The molecule has 5 heteroatoms. The fourth-order valence-electron chi connectivity index (χ4n) is 2.18. The minimum atomic E-state index is 0.620. The molecular formula is C11H11Br2N2S+. The summed E-state index contributed by atoms with van der Waals surface area (Å²) in [7, 11) is 0. The average Bonchev–Trinajstić information content (AvgIpc) is 2.62. The number of anilines is 1. The van der Waals surface area contributed by atoms with E-state index < -0.39 is 0 Å². The van der Waals surface area contributed by atoms with E-state index in [-0.39, 0.29) is 0 Å². The normalized spacial score (nSPS) is 26.9. The van der Waals surface area contributed by atoms with Crippen molar-refractivity contribution in [2.24, 2.45) is 0 Å². The van der Waals surface area contributed by atoms with Crippen LogP contribution in [0.2, 0.25) is 0 Å². The van der Waals surface area contributed by atoms with Crippen LogP contribution in [0.15, 0.2) is 32.7 Å². The van der Waals surface area contributed by atoms with E-state index in [1.54, 1.807) is 0 Å². The number of nitrogens with one attached hydrogen (secondary N) is 2. The van der Waals surface area contributed by atoms with Crippen LogP contribution in [0.3, 0.4) is 0 Å². The maximum absolute atomic E-state index is 3.63. The third-order valence-corrected chi connectivity index (χ3v) is 5.11. The van der Waals surface area contributed by atoms with Gasteiger partial charge in [-0.1, -0.05) is 27.7 Å². The van der Waals surface area contributed by atoms with E-state index in [0.717, 1.165) is 15.5 Å². The minimum absolute atomic E-state index is 0.620. The lowest BCUT2D eigenvalue weighted by molar-refractivity contribution is -0.783. The van der Waals surface area contributed by atoms with Crippen LogP contribution in [0.1, 0.15) is 6.42 Å². The average molecular weight is 363 g/mol. The Bertz CT molecular complexity index is 462. The van der Waals surface area contributed by atoms with E-state index in [0.29, 0.717) is 5.37 Å². The van der Waals surface area contributed by atoms with Crippen LogP contribution in [0, 0.1) is 0 Å². The number of hydrogen-bond donors (Lipinski definition) is 2. The smallest absolute Gasteiger partial charge is 0.162 e. The van der Waals surface area contributed by atoms with Crippen molar-refractivity contribution in [3.05, 3.63) is 32.7 Å². The lowest BCUT2D eigenvalue weighted by Crippen LogP contribution is -3.04. The van der Waals surface area contributed by atoms with Crippen LogP contribution >= 0.6 is 43.6 Å². The van der Waals surface area contributed by atoms with Crippen molar-refractivity contribution in [3.8, 4) is 0 Å². The Kier molecular flexibility index (Phi) is 3.04. The first kappa shape index (κ1) is 11.1. The van der Waals surface area contributed by atoms with Gasteiger partial charge in [0.2, 0.25) is 0 Å². The summed E-state index contributed by atoms with van der Waals surface area (Å²) in [6.45, 7) is 1.04. The second-order valence-electron chi connectivity index (χ2n) is 3.91. The Hall–Kier alpha value is 0.0300. The summed E-state index contributed by atoms with van der Waals surface area (Å²) in [4.78, 5) is 1.45. The van der Waals surface area contributed by atoms with Crippen LogP contribution in [-0.4, -0.2) is 11.9 Å². The second-order valence-corrected chi connectivity index (χ2v) is 6.79. The Morgan fingerprint density at radius 3 is 3.12 bits per heavy atom. The zero-order valence-electron chi connectivity index (χ0n) is 8.47. The van der Waals surface area contributed by atoms with E-state index in [1.165, 1.54) is 22.7 Å². The van der Waals surface area contributed by atoms with E-state index >= 15 is 0 Å². The topological polar surface area (TPSA) is 16.5 Å². The van der Waals surface area contributed by atoms with Crippen LogP contribution in [0.5, 0.6) is 0 Å². The molecule has 0 radical (unpaired) electrons. The molecule has 0 aliphatic carbocycles. The Balaban J connectivity index is 2.15. The molecule has 0 amide bonds. The number of benzene rings is 1. The third kappa shape index (κ3) is 1.83. The number of fused-ring (bicyclic) bond motifs is 3. The molecule has 0 saturated heterocycles. The molecule has 3 rings (SSSR count). The standard InChI is InChI=1S/C11H10Br2N2S/c12-7-5-8(13)11-9(6-7)15-3-4-16-10(15)1-2-14-11/h3-6,10,14H,1-2H2/p+1. The van der Waals surface area contributed by atoms with Gasteiger partial charge in [-0.25, -0.2) is 0 Å². The summed E-state index contributed by atoms with van der Waals surface area (Å²) < 4.78 is 2.26. The van der Waals surface area contributed by atoms with Gasteiger partial charge in [-0.05, 0) is 22.0 Å². The summed E-state index contributed by atoms with van der Waals surface area (Å²) in [5.41, 5.74) is 2.55. The molecule has 0 spiro atoms. The van der Waals surface area contributed by atoms with Gasteiger partial charge in [0.25, 0.3) is 0 Å². The molecular weight excluding hydrogens is 352 g/mol. The molecule has 2 aliphatic heterocycles. The highest BCUT2D eigenvalue weighted by molar-refractivity contribution is 9.11. The summed E-state index contributed by atoms with van der Waals surface area (Å²) >= 11 is 9.12. The molecule has 84 valence electrons. The number of hydrogen-bond acceptors (Lipinski definition) is 2. The molecule has 2 aliphatic rings. The summed E-state index contributed by atoms with van der Waals surface area (Å²) in [5.74, 6) is 0. The van der Waals surface area contributed by atoms with Gasteiger partial charge in [-0.3, -0.25) is 4.90 Å². The van der Waals surface area contributed by atoms with Gasteiger partial charge in [0.05, 0.1) is 0 Å². The van der Waals surface area contributed by atoms with Crippen molar-refractivity contribution >= 4 is 55.0 Å². The summed E-state index contributed by atoms with van der Waals surface area (Å²) in [6, 6.07) is 4.30. The molecule has 2 N–H and O–H groups in total. The lowest BCUT2D eigenvalue weighted by atomic mass is 10.2. The van der Waals surface area contributed by atoms with E-state index in [1.807, 2.05) is 11.8 Å². The minimum Gasteiger partial charge on any atom is -0.379 e. The fourth-order valence-corrected chi connectivity index (χ4v) is 4.57. The first-order chi connectivity index (χ1) is 7.75. The molecule has 0 saturated carbocycles. The number of quaternary nitrogens is 1. The highest BCUT2D eigenvalue weighted by Crippen LogP contribution is 2.35. The number of thioether (sulfide) groups is 1. The van der Waals surface area contributed by atoms with Crippen LogP contribution < -0.4 is 10.2 Å². The monoisotopic (exact) mass is 361 g/mol. The number of halogens is 2. The van der Waals surface area contributed by atoms with Gasteiger partial charge >= 0.3 is 0 Å². The fraction of sp³-hybridized carbons (Fsp3) is 0.273. The number of rotatable bonds is 0. The van der Waals surface area contributed by atoms with Gasteiger partial charge in [-0.2, -0.15) is 0 Å². The first-order valence-corrected chi connectivity index (χ1v) is 7.71. The zero-order chi connectivity index (χ0) is 11.1. The molecule has 0 bridgehead atoms. The van der Waals surface area contributed by atoms with E-state index in [4.69, 9.17) is 0 Å². The van der Waals surface area contributed by atoms with Crippen LogP contribution in [0.25, 0.3) is 0 Å². The predicted molar refractivity (Wildman–Crippen MR) is 76.1 cm³/mol. The third-order valence-electron chi connectivity index (χ3n) is 2.91. The molecule has 0 fully saturated rings. The molecule has 1 aromatic carbocycles. The predicted octanol–water partition coefficient (Wildman–Crippen LogP) is 3.09. The van der Waals surface area contributed by atoms with Crippen LogP contribution in [0.4, 0.5) is 11.4 Å². The quantitative estimate of drug-likeness (QED) is 0.737. The molecule has 2 nitrogen and oxygen atoms in total. The Morgan fingerprint density at radius 2 is 2.25 bits per heavy atom. The first-order valence-electron chi connectivity index (χ1n) is 5.18. The van der Waals surface area contributed by atoms with Crippen molar-refractivity contribution in [2.45, 2.75) is 11.8 Å². The zero-order valence-corrected chi connectivity index (χ0v) is 12.5. The van der Waals surface area contributed by atoms with Crippen molar-refractivity contribution < 1.29 is 4.90 Å². The Labute approximate surface area is 116 Å². The molecule has 2 heterocycles. The van der Waals surface area contributed by atoms with E-state index in [9.17, 15) is 0 Å². The molecule has 2 atom stereocenters. The summed E-state index contributed by atoms with van der Waals surface area (Å²) in [5, 5.41) is 6.35. The second kappa shape index (κ2) is 4.37. The van der Waals surface area contributed by atoms with Crippen molar-refractivity contribution in [3.63, 3.8) is 0 Å². The Morgan fingerprint density at radius 1 is 1.38 bits per heavy atom. The highest BCUT2D eigenvalue weighted by Gasteiger charge is 2.32. The maximum atomic E-state index is 3.63. The maximum Gasteiger partial charge on any atom is 0.162 e. The molecule has 0 aromatic heterocycles. The largest absolute Gasteiger partial charge is 0.379 e. The lowest BCUT2D eigenvalue weighted by Gasteiger charge is -2.17. The highest BCUT2D eigenvalue weighted by atomic mass is 79.9. The van der Waals surface area contributed by atoms with Gasteiger partial charge in [0, 0.05) is 33.4 Å². The van der Waals surface area contributed by atoms with Crippen molar-refractivity contribution in [2.75, 3.05) is 11.9 Å². The molecule has 16 heavy (non-hydrogen) atoms. The summed E-state index contributed by atoms with van der Waals surface area (Å²) in [6.07, 6.45) is 3.44. The molecule has 2 unspecified atom stereocenters. The van der Waals surface area contributed by atoms with Crippen molar-refractivity contribution in [1.29, 1.82) is 0 Å². The van der Waals surface area contributed by atoms with E-state index in [2.05, 4.69) is 60.9 Å². The van der Waals surface area contributed by atoms with Gasteiger partial charge in [0.1, 0.15) is 17.3 Å². The SMILES string of the molecule is Brc1cc(Br)c2c(c1)[NH+]1C=CSC1CCN2. The molecule has 1 aromatic rings.